The standard InChI is InChI=1S/C17H12Cl2N4O2/c18-11-6-5-10(14(19)7-11)9-20-22-16(24)8-15-12-3-1-2-4-13(12)17(25)23-21-15/h1-7,9H,8H2,(H,22,24)(H,23,25)/b20-9+. The molecule has 0 aliphatic rings. The number of hydrogen-bond acceptors (Lipinski definition) is 4. The van der Waals surface area contributed by atoms with Crippen molar-refractivity contribution >= 4 is 46.1 Å². The molecule has 1 amide bonds. The number of amides is 1. The molecule has 2 aromatic carbocycles. The number of aromatic amines is 1. The molecule has 2 N–H and O–H groups in total. The molecule has 0 aliphatic carbocycles. The van der Waals surface area contributed by atoms with E-state index in [4.69, 9.17) is 23.2 Å². The van der Waals surface area contributed by atoms with Crippen molar-refractivity contribution < 1.29 is 4.79 Å². The van der Waals surface area contributed by atoms with Crippen LogP contribution in [0.3, 0.4) is 0 Å². The van der Waals surface area contributed by atoms with Crippen LogP contribution < -0.4 is 11.0 Å². The third-order valence-corrected chi connectivity index (χ3v) is 4.02. The van der Waals surface area contributed by atoms with Crippen molar-refractivity contribution in [1.82, 2.24) is 15.6 Å². The van der Waals surface area contributed by atoms with Crippen LogP contribution in [0.2, 0.25) is 10.0 Å². The van der Waals surface area contributed by atoms with Crippen molar-refractivity contribution in [3.63, 3.8) is 0 Å². The Morgan fingerprint density at radius 1 is 1.20 bits per heavy atom. The van der Waals surface area contributed by atoms with E-state index >= 15 is 0 Å². The van der Waals surface area contributed by atoms with Crippen LogP contribution in [-0.4, -0.2) is 22.3 Å². The molecule has 8 heteroatoms. The Balaban J connectivity index is 1.72. The third-order valence-electron chi connectivity index (χ3n) is 3.46. The van der Waals surface area contributed by atoms with Gasteiger partial charge in [0.05, 0.1) is 28.7 Å². The van der Waals surface area contributed by atoms with Gasteiger partial charge < -0.3 is 0 Å². The average molecular weight is 375 g/mol. The number of carbonyl (C=O) groups is 1. The number of nitrogens with zero attached hydrogens (tertiary/aromatic N) is 2. The van der Waals surface area contributed by atoms with Gasteiger partial charge in [-0.05, 0) is 18.2 Å². The number of H-pyrrole nitrogens is 1. The van der Waals surface area contributed by atoms with Crippen LogP contribution >= 0.6 is 23.2 Å². The van der Waals surface area contributed by atoms with E-state index in [0.29, 0.717) is 32.1 Å². The Morgan fingerprint density at radius 2 is 1.96 bits per heavy atom. The predicted octanol–water partition coefficient (Wildman–Crippen LogP) is 2.92. The number of aromatic nitrogens is 2. The summed E-state index contributed by atoms with van der Waals surface area (Å²) in [5, 5.41) is 12.3. The van der Waals surface area contributed by atoms with Crippen LogP contribution in [0.5, 0.6) is 0 Å². The van der Waals surface area contributed by atoms with Gasteiger partial charge >= 0.3 is 0 Å². The second-order valence-electron chi connectivity index (χ2n) is 5.18. The molecule has 3 rings (SSSR count). The molecular formula is C17H12Cl2N4O2. The second kappa shape index (κ2) is 7.46. The van der Waals surface area contributed by atoms with E-state index in [2.05, 4.69) is 20.7 Å². The van der Waals surface area contributed by atoms with Gasteiger partial charge in [0.1, 0.15) is 0 Å². The lowest BCUT2D eigenvalue weighted by Crippen LogP contribution is -2.22. The fourth-order valence-corrected chi connectivity index (χ4v) is 2.74. The molecule has 0 bridgehead atoms. The summed E-state index contributed by atoms with van der Waals surface area (Å²) in [6.07, 6.45) is 1.40. The molecule has 0 spiro atoms. The highest BCUT2D eigenvalue weighted by molar-refractivity contribution is 6.36. The maximum Gasteiger partial charge on any atom is 0.272 e. The molecule has 1 aromatic heterocycles. The molecular weight excluding hydrogens is 363 g/mol. The van der Waals surface area contributed by atoms with Gasteiger partial charge in [0.15, 0.2) is 0 Å². The number of rotatable bonds is 4. The van der Waals surface area contributed by atoms with Crippen molar-refractivity contribution in [1.29, 1.82) is 0 Å². The van der Waals surface area contributed by atoms with Gasteiger partial charge in [0.25, 0.3) is 5.56 Å². The molecule has 0 aliphatic heterocycles. The van der Waals surface area contributed by atoms with Crippen molar-refractivity contribution in [3.8, 4) is 0 Å². The zero-order chi connectivity index (χ0) is 17.8. The molecule has 0 radical (unpaired) electrons. The van der Waals surface area contributed by atoms with Crippen molar-refractivity contribution in [2.24, 2.45) is 5.10 Å². The van der Waals surface area contributed by atoms with Crippen molar-refractivity contribution in [3.05, 3.63) is 74.1 Å². The van der Waals surface area contributed by atoms with Gasteiger partial charge in [-0.15, -0.1) is 0 Å². The Hall–Kier alpha value is -2.70. The van der Waals surface area contributed by atoms with Crippen LogP contribution in [-0.2, 0) is 11.2 Å². The Bertz CT molecular complexity index is 1030. The van der Waals surface area contributed by atoms with Crippen LogP contribution in [0.1, 0.15) is 11.3 Å². The second-order valence-corrected chi connectivity index (χ2v) is 6.02. The third kappa shape index (κ3) is 4.04. The summed E-state index contributed by atoms with van der Waals surface area (Å²) in [6, 6.07) is 11.9. The predicted molar refractivity (Wildman–Crippen MR) is 98.3 cm³/mol. The summed E-state index contributed by atoms with van der Waals surface area (Å²) in [5.74, 6) is -0.369. The molecule has 0 saturated heterocycles. The quantitative estimate of drug-likeness (QED) is 0.543. The number of benzene rings is 2. The van der Waals surface area contributed by atoms with Crippen molar-refractivity contribution in [2.45, 2.75) is 6.42 Å². The Morgan fingerprint density at radius 3 is 2.72 bits per heavy atom. The molecule has 0 unspecified atom stereocenters. The lowest BCUT2D eigenvalue weighted by Gasteiger charge is -2.04. The molecule has 0 atom stereocenters. The normalized spacial score (nSPS) is 11.1. The largest absolute Gasteiger partial charge is 0.273 e. The number of carbonyl (C=O) groups excluding carboxylic acids is 1. The lowest BCUT2D eigenvalue weighted by molar-refractivity contribution is -0.120. The Labute approximate surface area is 152 Å². The maximum absolute atomic E-state index is 12.1. The fraction of sp³-hybridized carbons (Fsp3) is 0.0588. The molecule has 0 saturated carbocycles. The molecule has 25 heavy (non-hydrogen) atoms. The first-order valence-electron chi connectivity index (χ1n) is 7.28. The van der Waals surface area contributed by atoms with E-state index in [9.17, 15) is 9.59 Å². The Kier molecular flexibility index (Phi) is 5.11. The van der Waals surface area contributed by atoms with Gasteiger partial charge in [-0.3, -0.25) is 9.59 Å². The van der Waals surface area contributed by atoms with E-state index in [0.717, 1.165) is 0 Å². The van der Waals surface area contributed by atoms with Gasteiger partial charge in [0.2, 0.25) is 5.91 Å². The number of hydrazone groups is 1. The average Bonchev–Trinajstić information content (AvgIpc) is 2.60. The van der Waals surface area contributed by atoms with E-state index in [1.807, 2.05) is 0 Å². The molecule has 126 valence electrons. The monoisotopic (exact) mass is 374 g/mol. The smallest absolute Gasteiger partial charge is 0.272 e. The topological polar surface area (TPSA) is 87.2 Å². The van der Waals surface area contributed by atoms with Crippen LogP contribution in [0, 0.1) is 0 Å². The maximum atomic E-state index is 12.1. The zero-order valence-corrected chi connectivity index (χ0v) is 14.3. The van der Waals surface area contributed by atoms with Gasteiger partial charge in [-0.2, -0.15) is 10.2 Å². The van der Waals surface area contributed by atoms with Crippen LogP contribution in [0.25, 0.3) is 10.8 Å². The highest BCUT2D eigenvalue weighted by Crippen LogP contribution is 2.19. The van der Waals surface area contributed by atoms with Gasteiger partial charge in [-0.25, -0.2) is 10.5 Å². The summed E-state index contributed by atoms with van der Waals surface area (Å²) in [4.78, 5) is 23.8. The van der Waals surface area contributed by atoms with E-state index in [1.165, 1.54) is 6.21 Å². The summed E-state index contributed by atoms with van der Waals surface area (Å²) in [7, 11) is 0. The fourth-order valence-electron chi connectivity index (χ4n) is 2.28. The summed E-state index contributed by atoms with van der Waals surface area (Å²) < 4.78 is 0. The van der Waals surface area contributed by atoms with Crippen LogP contribution in [0.15, 0.2) is 52.4 Å². The molecule has 6 nitrogen and oxygen atoms in total. The first-order valence-corrected chi connectivity index (χ1v) is 8.03. The van der Waals surface area contributed by atoms with E-state index in [-0.39, 0.29) is 17.9 Å². The minimum Gasteiger partial charge on any atom is -0.273 e. The van der Waals surface area contributed by atoms with Crippen molar-refractivity contribution in [2.75, 3.05) is 0 Å². The molecule has 3 aromatic rings. The van der Waals surface area contributed by atoms with Gasteiger partial charge in [-0.1, -0.05) is 47.5 Å². The first kappa shape index (κ1) is 17.1. The molecule has 0 fully saturated rings. The molecule has 1 heterocycles. The number of nitrogens with one attached hydrogen (secondary N) is 2. The highest BCUT2D eigenvalue weighted by atomic mass is 35.5. The number of hydrogen-bond donors (Lipinski definition) is 2. The van der Waals surface area contributed by atoms with E-state index in [1.54, 1.807) is 42.5 Å². The highest BCUT2D eigenvalue weighted by Gasteiger charge is 2.10. The minimum atomic E-state index is -0.369. The lowest BCUT2D eigenvalue weighted by atomic mass is 10.1. The zero-order valence-electron chi connectivity index (χ0n) is 12.8. The van der Waals surface area contributed by atoms with Crippen LogP contribution in [0.4, 0.5) is 0 Å². The SMILES string of the molecule is O=C(Cc1n[nH]c(=O)c2ccccc12)N/N=C/c1ccc(Cl)cc1Cl. The number of fused-ring (bicyclic) bond motifs is 1. The van der Waals surface area contributed by atoms with E-state index < -0.39 is 0 Å². The summed E-state index contributed by atoms with van der Waals surface area (Å²) in [6.45, 7) is 0. The minimum absolute atomic E-state index is 0.0248. The first-order chi connectivity index (χ1) is 12.0. The summed E-state index contributed by atoms with van der Waals surface area (Å²) >= 11 is 11.8. The number of halogens is 2. The van der Waals surface area contributed by atoms with Gasteiger partial charge in [0, 0.05) is 16.0 Å². The summed E-state index contributed by atoms with van der Waals surface area (Å²) in [5.41, 5.74) is 3.20.